The van der Waals surface area contributed by atoms with Crippen LogP contribution in [0.2, 0.25) is 0 Å². The highest BCUT2D eigenvalue weighted by Crippen LogP contribution is 1.99. The van der Waals surface area contributed by atoms with Crippen LogP contribution in [0, 0.1) is 0 Å². The molecule has 3 N–H and O–H groups in total. The topological polar surface area (TPSA) is 70.6 Å². The van der Waals surface area contributed by atoms with Crippen LogP contribution in [0.5, 0.6) is 0 Å². The lowest BCUT2D eigenvalue weighted by molar-refractivity contribution is -0.126. The van der Waals surface area contributed by atoms with Gasteiger partial charge >= 0.3 is 0 Å². The third-order valence-corrected chi connectivity index (χ3v) is 2.05. The fourth-order valence-corrected chi connectivity index (χ4v) is 0.796. The Hall–Kier alpha value is -0.650. The molecule has 0 aliphatic rings. The summed E-state index contributed by atoms with van der Waals surface area (Å²) in [5.74, 6) is -0.143. The van der Waals surface area contributed by atoms with E-state index in [1.807, 2.05) is 0 Å². The maximum absolute atomic E-state index is 11.5. The van der Waals surface area contributed by atoms with E-state index in [-0.39, 0.29) is 19.1 Å². The molecule has 14 heavy (non-hydrogen) atoms. The minimum absolute atomic E-state index is 0.143. The van der Waals surface area contributed by atoms with E-state index in [1.165, 1.54) is 7.11 Å². The second-order valence-corrected chi connectivity index (χ2v) is 3.69. The van der Waals surface area contributed by atoms with Gasteiger partial charge < -0.3 is 20.5 Å². The highest BCUT2D eigenvalue weighted by molar-refractivity contribution is 5.85. The van der Waals surface area contributed by atoms with Crippen molar-refractivity contribution < 1.29 is 14.6 Å². The first kappa shape index (κ1) is 13.4. The third kappa shape index (κ3) is 4.55. The van der Waals surface area contributed by atoms with Gasteiger partial charge in [0.05, 0.1) is 18.2 Å². The second-order valence-electron chi connectivity index (χ2n) is 3.69. The molecular formula is C9H20N2O3. The summed E-state index contributed by atoms with van der Waals surface area (Å²) in [5.41, 5.74) is -0.618. The average molecular weight is 204 g/mol. The van der Waals surface area contributed by atoms with E-state index in [9.17, 15) is 9.90 Å². The summed E-state index contributed by atoms with van der Waals surface area (Å²) in [6.07, 6.45) is -0.656. The smallest absolute Gasteiger partial charge is 0.239 e. The highest BCUT2D eigenvalue weighted by atomic mass is 16.5. The van der Waals surface area contributed by atoms with Gasteiger partial charge in [-0.05, 0) is 20.9 Å². The fraction of sp³-hybridized carbons (Fsp3) is 0.889. The number of rotatable bonds is 6. The second kappa shape index (κ2) is 5.95. The molecule has 0 rings (SSSR count). The number of nitrogens with one attached hydrogen (secondary N) is 2. The van der Waals surface area contributed by atoms with Crippen molar-refractivity contribution in [3.8, 4) is 0 Å². The lowest BCUT2D eigenvalue weighted by atomic mass is 10.1. The molecular weight excluding hydrogens is 184 g/mol. The van der Waals surface area contributed by atoms with Gasteiger partial charge in [-0.15, -0.1) is 0 Å². The molecule has 0 saturated heterocycles. The Morgan fingerprint density at radius 1 is 1.57 bits per heavy atom. The molecule has 0 aliphatic carbocycles. The molecule has 1 amide bonds. The average Bonchev–Trinajstić information content (AvgIpc) is 2.14. The molecule has 0 radical (unpaired) electrons. The zero-order valence-corrected chi connectivity index (χ0v) is 9.26. The van der Waals surface area contributed by atoms with Gasteiger partial charge in [-0.25, -0.2) is 0 Å². The van der Waals surface area contributed by atoms with Gasteiger partial charge in [0.1, 0.15) is 0 Å². The minimum Gasteiger partial charge on any atom is -0.389 e. The van der Waals surface area contributed by atoms with Crippen molar-refractivity contribution in [1.29, 1.82) is 0 Å². The molecule has 0 heterocycles. The molecule has 0 bridgehead atoms. The summed E-state index contributed by atoms with van der Waals surface area (Å²) in [6, 6.07) is 0. The molecule has 0 aromatic rings. The molecule has 84 valence electrons. The Labute approximate surface area is 84.8 Å². The van der Waals surface area contributed by atoms with E-state index < -0.39 is 11.6 Å². The summed E-state index contributed by atoms with van der Waals surface area (Å²) in [7, 11) is 3.22. The van der Waals surface area contributed by atoms with Gasteiger partial charge in [0.25, 0.3) is 0 Å². The number of methoxy groups -OCH3 is 1. The quantitative estimate of drug-likeness (QED) is 0.525. The Kier molecular flexibility index (Phi) is 5.68. The SMILES string of the molecule is CNC(C)(C)C(=O)NCC(O)COC. The molecule has 1 unspecified atom stereocenters. The van der Waals surface area contributed by atoms with Crippen LogP contribution in [0.15, 0.2) is 0 Å². The number of aliphatic hydroxyl groups is 1. The van der Waals surface area contributed by atoms with Crippen molar-refractivity contribution >= 4 is 5.91 Å². The standard InChI is InChI=1S/C9H20N2O3/c1-9(2,10-3)8(13)11-5-7(12)6-14-4/h7,10,12H,5-6H2,1-4H3,(H,11,13). The van der Waals surface area contributed by atoms with E-state index in [0.29, 0.717) is 0 Å². The van der Waals surface area contributed by atoms with E-state index in [0.717, 1.165) is 0 Å². The van der Waals surface area contributed by atoms with E-state index in [4.69, 9.17) is 4.74 Å². The van der Waals surface area contributed by atoms with Crippen LogP contribution < -0.4 is 10.6 Å². The van der Waals surface area contributed by atoms with Crippen molar-refractivity contribution in [2.75, 3.05) is 27.3 Å². The van der Waals surface area contributed by atoms with Crippen LogP contribution >= 0.6 is 0 Å². The molecule has 0 saturated carbocycles. The van der Waals surface area contributed by atoms with Crippen LogP contribution in [0.3, 0.4) is 0 Å². The zero-order chi connectivity index (χ0) is 11.2. The summed E-state index contributed by atoms with van der Waals surface area (Å²) in [5, 5.41) is 14.8. The third-order valence-electron chi connectivity index (χ3n) is 2.05. The lowest BCUT2D eigenvalue weighted by Crippen LogP contribution is -2.52. The van der Waals surface area contributed by atoms with Gasteiger partial charge in [0.15, 0.2) is 0 Å². The van der Waals surface area contributed by atoms with E-state index in [2.05, 4.69) is 10.6 Å². The van der Waals surface area contributed by atoms with Crippen LogP contribution in [-0.4, -0.2) is 50.0 Å². The zero-order valence-electron chi connectivity index (χ0n) is 9.26. The van der Waals surface area contributed by atoms with Crippen LogP contribution in [0.1, 0.15) is 13.8 Å². The summed E-state index contributed by atoms with van der Waals surface area (Å²) in [4.78, 5) is 11.5. The number of carbonyl (C=O) groups is 1. The summed E-state index contributed by atoms with van der Waals surface area (Å²) >= 11 is 0. The van der Waals surface area contributed by atoms with Crippen LogP contribution in [0.4, 0.5) is 0 Å². The first-order valence-corrected chi connectivity index (χ1v) is 4.58. The molecule has 0 spiro atoms. The number of amides is 1. The Morgan fingerprint density at radius 3 is 2.57 bits per heavy atom. The van der Waals surface area contributed by atoms with Gasteiger partial charge in [-0.2, -0.15) is 0 Å². The number of hydrogen-bond acceptors (Lipinski definition) is 4. The largest absolute Gasteiger partial charge is 0.389 e. The minimum atomic E-state index is -0.656. The molecule has 0 fully saturated rings. The number of hydrogen-bond donors (Lipinski definition) is 3. The van der Waals surface area contributed by atoms with Crippen molar-refractivity contribution in [2.45, 2.75) is 25.5 Å². The fourth-order valence-electron chi connectivity index (χ4n) is 0.796. The molecule has 0 aromatic heterocycles. The van der Waals surface area contributed by atoms with Gasteiger partial charge in [-0.3, -0.25) is 4.79 Å². The molecule has 0 aromatic carbocycles. The monoisotopic (exact) mass is 204 g/mol. The molecule has 5 nitrogen and oxygen atoms in total. The van der Waals surface area contributed by atoms with E-state index in [1.54, 1.807) is 20.9 Å². The summed E-state index contributed by atoms with van der Waals surface area (Å²) in [6.45, 7) is 3.97. The number of carbonyl (C=O) groups excluding carboxylic acids is 1. The van der Waals surface area contributed by atoms with Gasteiger partial charge in [0.2, 0.25) is 5.91 Å². The maximum Gasteiger partial charge on any atom is 0.239 e. The number of likely N-dealkylation sites (N-methyl/N-ethyl adjacent to an activating group) is 1. The molecule has 0 aliphatic heterocycles. The van der Waals surface area contributed by atoms with Crippen LogP contribution in [-0.2, 0) is 9.53 Å². The first-order valence-electron chi connectivity index (χ1n) is 4.58. The van der Waals surface area contributed by atoms with Gasteiger partial charge in [0, 0.05) is 13.7 Å². The normalized spacial score (nSPS) is 13.8. The Bertz CT molecular complexity index is 183. The summed E-state index contributed by atoms with van der Waals surface area (Å²) < 4.78 is 4.73. The first-order chi connectivity index (χ1) is 6.44. The van der Waals surface area contributed by atoms with Crippen LogP contribution in [0.25, 0.3) is 0 Å². The predicted octanol–water partition coefficient (Wildman–Crippen LogP) is -0.892. The number of ether oxygens (including phenoxy) is 1. The van der Waals surface area contributed by atoms with Crippen molar-refractivity contribution in [2.24, 2.45) is 0 Å². The van der Waals surface area contributed by atoms with Crippen molar-refractivity contribution in [3.05, 3.63) is 0 Å². The van der Waals surface area contributed by atoms with Crippen molar-refractivity contribution in [1.82, 2.24) is 10.6 Å². The number of aliphatic hydroxyl groups excluding tert-OH is 1. The maximum atomic E-state index is 11.5. The Balaban J connectivity index is 3.85. The van der Waals surface area contributed by atoms with Crippen molar-refractivity contribution in [3.63, 3.8) is 0 Å². The van der Waals surface area contributed by atoms with Gasteiger partial charge in [-0.1, -0.05) is 0 Å². The predicted molar refractivity (Wildman–Crippen MR) is 54.0 cm³/mol. The Morgan fingerprint density at radius 2 is 2.14 bits per heavy atom. The van der Waals surface area contributed by atoms with E-state index >= 15 is 0 Å². The molecule has 1 atom stereocenters. The lowest BCUT2D eigenvalue weighted by Gasteiger charge is -2.23. The molecule has 5 heteroatoms. The highest BCUT2D eigenvalue weighted by Gasteiger charge is 2.25.